The average Bonchev–Trinajstić information content (AvgIpc) is 3.26. The molecule has 0 unspecified atom stereocenters. The summed E-state index contributed by atoms with van der Waals surface area (Å²) in [7, 11) is -2.37. The van der Waals surface area contributed by atoms with Gasteiger partial charge in [0.25, 0.3) is 0 Å². The van der Waals surface area contributed by atoms with E-state index >= 15 is 0 Å². The summed E-state index contributed by atoms with van der Waals surface area (Å²) in [4.78, 5) is 0.0993. The second-order valence-corrected chi connectivity index (χ2v) is 8.54. The number of ether oxygens (including phenoxy) is 1. The number of halogens is 2. The summed E-state index contributed by atoms with van der Waals surface area (Å²) in [6.07, 6.45) is 0. The largest absolute Gasteiger partial charge is 0.383 e. The van der Waals surface area contributed by atoms with Gasteiger partial charge in [0.2, 0.25) is 0 Å². The van der Waals surface area contributed by atoms with Crippen LogP contribution in [0.4, 0.5) is 4.39 Å². The van der Waals surface area contributed by atoms with Crippen LogP contribution < -0.4 is 0 Å². The minimum atomic E-state index is -3.79. The van der Waals surface area contributed by atoms with Crippen LogP contribution in [0, 0.1) is 22.6 Å². The van der Waals surface area contributed by atoms with Crippen molar-refractivity contribution in [2.45, 2.75) is 16.1 Å². The number of hydrogen-bond acceptors (Lipinski definition) is 4. The second-order valence-electron chi connectivity index (χ2n) is 6.03. The van der Waals surface area contributed by atoms with E-state index in [0.717, 1.165) is 0 Å². The predicted octanol–water partition coefficient (Wildman–Crippen LogP) is 3.58. The molecule has 0 saturated heterocycles. The monoisotopic (exact) mass is 379 g/mol. The van der Waals surface area contributed by atoms with E-state index in [0.29, 0.717) is 10.6 Å². The van der Waals surface area contributed by atoms with Crippen LogP contribution in [-0.2, 0) is 14.6 Å². The van der Waals surface area contributed by atoms with Gasteiger partial charge >= 0.3 is 0 Å². The predicted molar refractivity (Wildman–Crippen MR) is 91.5 cm³/mol. The molecule has 0 amide bonds. The topological polar surface area (TPSA) is 67.2 Å². The highest BCUT2D eigenvalue weighted by Crippen LogP contribution is 2.63. The van der Waals surface area contributed by atoms with E-state index in [1.54, 1.807) is 0 Å². The zero-order valence-electron chi connectivity index (χ0n) is 13.3. The van der Waals surface area contributed by atoms with E-state index in [2.05, 4.69) is 6.07 Å². The molecule has 2 aromatic rings. The van der Waals surface area contributed by atoms with Crippen LogP contribution in [0.3, 0.4) is 0 Å². The van der Waals surface area contributed by atoms with E-state index < -0.39 is 32.2 Å². The lowest BCUT2D eigenvalue weighted by Crippen LogP contribution is -2.19. The lowest BCUT2D eigenvalue weighted by molar-refractivity contribution is 0.162. The normalized spacial score (nSPS) is 25.4. The molecule has 0 aliphatic heterocycles. The van der Waals surface area contributed by atoms with Crippen LogP contribution in [0.5, 0.6) is 0 Å². The Kier molecular flexibility index (Phi) is 4.58. The fourth-order valence-electron chi connectivity index (χ4n) is 3.35. The van der Waals surface area contributed by atoms with Crippen LogP contribution in [-0.4, -0.2) is 27.4 Å². The van der Waals surface area contributed by atoms with E-state index in [1.165, 1.54) is 55.6 Å². The first-order valence-corrected chi connectivity index (χ1v) is 9.44. The van der Waals surface area contributed by atoms with E-state index in [9.17, 15) is 18.1 Å². The van der Waals surface area contributed by atoms with E-state index in [1.807, 2.05) is 0 Å². The molecule has 0 N–H and O–H groups in total. The maximum absolute atomic E-state index is 13.2. The fraction of sp³-hybridized carbons (Fsp3) is 0.278. The van der Waals surface area contributed by atoms with Gasteiger partial charge in [-0.05, 0) is 42.0 Å². The molecule has 7 heteroatoms. The number of nitriles is 1. The van der Waals surface area contributed by atoms with Gasteiger partial charge in [-0.1, -0.05) is 23.7 Å². The van der Waals surface area contributed by atoms with Crippen molar-refractivity contribution in [3.05, 3.63) is 64.9 Å². The van der Waals surface area contributed by atoms with Gasteiger partial charge < -0.3 is 4.74 Å². The molecule has 0 radical (unpaired) electrons. The molecule has 0 spiro atoms. The number of nitrogens with zero attached hydrogens (tertiary/aromatic N) is 1. The van der Waals surface area contributed by atoms with E-state index in [4.69, 9.17) is 16.3 Å². The van der Waals surface area contributed by atoms with Crippen molar-refractivity contribution in [3.8, 4) is 6.07 Å². The van der Waals surface area contributed by atoms with Crippen LogP contribution in [0.25, 0.3) is 0 Å². The highest BCUT2D eigenvalue weighted by molar-refractivity contribution is 7.92. The second kappa shape index (κ2) is 6.41. The zero-order chi connectivity index (χ0) is 18.2. The standard InChI is InChI=1S/C18H15ClFNO3S/c1-24-11-18(10-21)16(12-2-6-14(20)7-3-12)17(18)25(22,23)15-8-4-13(19)5-9-15/h2-9,16-17H,11H2,1H3/t16-,17-,18-/m0/s1. The minimum Gasteiger partial charge on any atom is -0.383 e. The molecule has 130 valence electrons. The molecule has 2 aromatic carbocycles. The third-order valence-corrected chi connectivity index (χ3v) is 7.10. The van der Waals surface area contributed by atoms with Crippen molar-refractivity contribution in [1.82, 2.24) is 0 Å². The molecule has 1 fully saturated rings. The number of hydrogen-bond donors (Lipinski definition) is 0. The smallest absolute Gasteiger partial charge is 0.183 e. The quantitative estimate of drug-likeness (QED) is 0.796. The molecular formula is C18H15ClFNO3S. The number of sulfone groups is 1. The molecule has 4 nitrogen and oxygen atoms in total. The Labute approximate surface area is 150 Å². The third kappa shape index (κ3) is 2.93. The molecule has 1 aliphatic carbocycles. The summed E-state index contributed by atoms with van der Waals surface area (Å²) in [6, 6.07) is 13.5. The third-order valence-electron chi connectivity index (χ3n) is 4.55. The SMILES string of the molecule is COC[C@@]1(C#N)[C@@H](c2ccc(F)cc2)[C@@H]1S(=O)(=O)c1ccc(Cl)cc1. The van der Waals surface area contributed by atoms with Crippen LogP contribution in [0.15, 0.2) is 53.4 Å². The molecule has 0 heterocycles. The first kappa shape index (κ1) is 17.9. The minimum absolute atomic E-state index is 0.0248. The Bertz CT molecular complexity index is 922. The summed E-state index contributed by atoms with van der Waals surface area (Å²) < 4.78 is 44.5. The van der Waals surface area contributed by atoms with Crippen molar-refractivity contribution in [1.29, 1.82) is 5.26 Å². The zero-order valence-corrected chi connectivity index (χ0v) is 14.9. The Balaban J connectivity index is 2.07. The highest BCUT2D eigenvalue weighted by Gasteiger charge is 2.72. The fourth-order valence-corrected chi connectivity index (χ4v) is 5.79. The Morgan fingerprint density at radius 1 is 1.20 bits per heavy atom. The number of methoxy groups -OCH3 is 1. The molecule has 1 aliphatic rings. The summed E-state index contributed by atoms with van der Waals surface area (Å²) in [6.45, 7) is -0.0248. The Morgan fingerprint density at radius 3 is 2.32 bits per heavy atom. The average molecular weight is 380 g/mol. The molecule has 0 bridgehead atoms. The van der Waals surface area contributed by atoms with Gasteiger partial charge in [-0.25, -0.2) is 12.8 Å². The maximum Gasteiger partial charge on any atom is 0.183 e. The first-order chi connectivity index (χ1) is 11.9. The highest BCUT2D eigenvalue weighted by atomic mass is 35.5. The van der Waals surface area contributed by atoms with Gasteiger partial charge in [0.1, 0.15) is 11.2 Å². The van der Waals surface area contributed by atoms with Gasteiger partial charge in [-0.15, -0.1) is 0 Å². The van der Waals surface area contributed by atoms with Crippen LogP contribution in [0.2, 0.25) is 5.02 Å². The molecule has 1 saturated carbocycles. The van der Waals surface area contributed by atoms with Crippen molar-refractivity contribution >= 4 is 21.4 Å². The van der Waals surface area contributed by atoms with E-state index in [-0.39, 0.29) is 11.5 Å². The molecule has 3 rings (SSSR count). The molecule has 0 aromatic heterocycles. The lowest BCUT2D eigenvalue weighted by Gasteiger charge is -2.08. The van der Waals surface area contributed by atoms with Crippen LogP contribution in [0.1, 0.15) is 11.5 Å². The van der Waals surface area contributed by atoms with Crippen LogP contribution >= 0.6 is 11.6 Å². The van der Waals surface area contributed by atoms with Crippen molar-refractivity contribution in [2.75, 3.05) is 13.7 Å². The van der Waals surface area contributed by atoms with Gasteiger partial charge in [0.15, 0.2) is 9.84 Å². The van der Waals surface area contributed by atoms with Gasteiger partial charge in [-0.2, -0.15) is 5.26 Å². The van der Waals surface area contributed by atoms with Gasteiger partial charge in [-0.3, -0.25) is 0 Å². The van der Waals surface area contributed by atoms with Gasteiger partial charge in [0.05, 0.1) is 22.8 Å². The number of rotatable bonds is 5. The summed E-state index contributed by atoms with van der Waals surface area (Å²) in [5, 5.41) is 9.17. The molecule has 3 atom stereocenters. The number of benzene rings is 2. The molecular weight excluding hydrogens is 365 g/mol. The van der Waals surface area contributed by atoms with Crippen molar-refractivity contribution in [3.63, 3.8) is 0 Å². The van der Waals surface area contributed by atoms with Gasteiger partial charge in [0, 0.05) is 18.1 Å². The first-order valence-electron chi connectivity index (χ1n) is 7.52. The summed E-state index contributed by atoms with van der Waals surface area (Å²) in [5.41, 5.74) is -0.604. The Hall–Kier alpha value is -1.94. The molecule has 25 heavy (non-hydrogen) atoms. The van der Waals surface area contributed by atoms with Crippen molar-refractivity contribution < 1.29 is 17.5 Å². The van der Waals surface area contributed by atoms with Crippen molar-refractivity contribution in [2.24, 2.45) is 5.41 Å². The maximum atomic E-state index is 13.2. The summed E-state index contributed by atoms with van der Waals surface area (Å²) in [5.74, 6) is -1.01. The lowest BCUT2D eigenvalue weighted by atomic mass is 10.0. The summed E-state index contributed by atoms with van der Waals surface area (Å²) >= 11 is 5.83. The Morgan fingerprint density at radius 2 is 1.80 bits per heavy atom.